The van der Waals surface area contributed by atoms with Crippen molar-refractivity contribution < 1.29 is 4.52 Å². The van der Waals surface area contributed by atoms with Crippen LogP contribution in [0.5, 0.6) is 0 Å². The van der Waals surface area contributed by atoms with Gasteiger partial charge in [0.1, 0.15) is 0 Å². The first-order valence-corrected chi connectivity index (χ1v) is 7.01. The number of nitrogens with one attached hydrogen (secondary N) is 1. The summed E-state index contributed by atoms with van der Waals surface area (Å²) in [5.41, 5.74) is 0. The Labute approximate surface area is 111 Å². The van der Waals surface area contributed by atoms with Gasteiger partial charge in [-0.15, -0.1) is 11.8 Å². The number of rotatable bonds is 7. The molecule has 0 fully saturated rings. The lowest BCUT2D eigenvalue weighted by atomic mass is 10.4. The Morgan fingerprint density at radius 3 is 2.78 bits per heavy atom. The second-order valence-corrected chi connectivity index (χ2v) is 5.07. The minimum Gasteiger partial charge on any atom is -0.339 e. The van der Waals surface area contributed by atoms with Crippen LogP contribution in [0.2, 0.25) is 0 Å². The Bertz CT molecular complexity index is 458. The fourth-order valence-corrected chi connectivity index (χ4v) is 2.35. The van der Waals surface area contributed by atoms with Gasteiger partial charge >= 0.3 is 0 Å². The van der Waals surface area contributed by atoms with Crippen LogP contribution in [-0.4, -0.2) is 29.0 Å². The molecule has 1 aromatic carbocycles. The summed E-state index contributed by atoms with van der Waals surface area (Å²) in [6.07, 6.45) is 0.789. The van der Waals surface area contributed by atoms with Crippen molar-refractivity contribution in [2.75, 3.05) is 18.8 Å². The third-order valence-corrected chi connectivity index (χ3v) is 3.39. The van der Waals surface area contributed by atoms with Gasteiger partial charge in [0.25, 0.3) is 0 Å². The van der Waals surface area contributed by atoms with Crippen molar-refractivity contribution in [3.8, 4) is 0 Å². The van der Waals surface area contributed by atoms with Crippen LogP contribution in [0, 0.1) is 6.92 Å². The molecule has 0 spiro atoms. The lowest BCUT2D eigenvalue weighted by molar-refractivity contribution is 0.373. The first-order chi connectivity index (χ1) is 8.84. The van der Waals surface area contributed by atoms with Crippen LogP contribution in [0.4, 0.5) is 0 Å². The lowest BCUT2D eigenvalue weighted by Crippen LogP contribution is -2.20. The van der Waals surface area contributed by atoms with E-state index in [0.29, 0.717) is 11.7 Å². The standard InChI is InChI=1S/C13H17N3OS/c1-11-15-13(17-16-11)7-8-14-9-10-18-12-5-3-2-4-6-12/h2-6,14H,7-10H2,1H3. The third-order valence-electron chi connectivity index (χ3n) is 2.38. The molecule has 0 unspecified atom stereocenters. The van der Waals surface area contributed by atoms with Crippen LogP contribution in [0.1, 0.15) is 11.7 Å². The Kier molecular flexibility index (Phi) is 5.23. The first-order valence-electron chi connectivity index (χ1n) is 6.02. The zero-order valence-electron chi connectivity index (χ0n) is 10.4. The lowest BCUT2D eigenvalue weighted by Gasteiger charge is -2.03. The van der Waals surface area contributed by atoms with E-state index < -0.39 is 0 Å². The number of nitrogens with zero attached hydrogens (tertiary/aromatic N) is 2. The van der Waals surface area contributed by atoms with E-state index in [2.05, 4.69) is 39.7 Å². The van der Waals surface area contributed by atoms with Gasteiger partial charge < -0.3 is 9.84 Å². The molecule has 4 nitrogen and oxygen atoms in total. The van der Waals surface area contributed by atoms with Crippen LogP contribution in [-0.2, 0) is 6.42 Å². The van der Waals surface area contributed by atoms with Crippen molar-refractivity contribution in [1.82, 2.24) is 15.5 Å². The number of benzene rings is 1. The van der Waals surface area contributed by atoms with E-state index in [0.717, 1.165) is 25.3 Å². The number of hydrogen-bond donors (Lipinski definition) is 1. The van der Waals surface area contributed by atoms with Gasteiger partial charge in [-0.3, -0.25) is 0 Å². The van der Waals surface area contributed by atoms with E-state index in [-0.39, 0.29) is 0 Å². The molecule has 1 aromatic heterocycles. The van der Waals surface area contributed by atoms with Crippen LogP contribution in [0.3, 0.4) is 0 Å². The quantitative estimate of drug-likeness (QED) is 0.613. The van der Waals surface area contributed by atoms with Crippen LogP contribution >= 0.6 is 11.8 Å². The zero-order chi connectivity index (χ0) is 12.6. The average Bonchev–Trinajstić information content (AvgIpc) is 2.81. The molecular formula is C13H17N3OS. The van der Waals surface area contributed by atoms with E-state index in [1.165, 1.54) is 4.90 Å². The van der Waals surface area contributed by atoms with Gasteiger partial charge in [-0.05, 0) is 19.1 Å². The number of aryl methyl sites for hydroxylation is 1. The fourth-order valence-electron chi connectivity index (χ4n) is 1.52. The zero-order valence-corrected chi connectivity index (χ0v) is 11.2. The Balaban J connectivity index is 1.54. The summed E-state index contributed by atoms with van der Waals surface area (Å²) in [5.74, 6) is 2.47. The number of hydrogen-bond acceptors (Lipinski definition) is 5. The van der Waals surface area contributed by atoms with Crippen molar-refractivity contribution in [1.29, 1.82) is 0 Å². The molecule has 0 radical (unpaired) electrons. The predicted molar refractivity (Wildman–Crippen MR) is 72.8 cm³/mol. The summed E-state index contributed by atoms with van der Waals surface area (Å²) >= 11 is 1.86. The molecule has 1 heterocycles. The van der Waals surface area contributed by atoms with Gasteiger partial charge in [-0.25, -0.2) is 0 Å². The highest BCUT2D eigenvalue weighted by Gasteiger charge is 2.01. The van der Waals surface area contributed by atoms with Crippen molar-refractivity contribution in [2.24, 2.45) is 0 Å². The van der Waals surface area contributed by atoms with E-state index >= 15 is 0 Å². The highest BCUT2D eigenvalue weighted by Crippen LogP contribution is 2.15. The second kappa shape index (κ2) is 7.18. The molecule has 5 heteroatoms. The molecule has 0 atom stereocenters. The van der Waals surface area contributed by atoms with E-state index in [1.54, 1.807) is 0 Å². The van der Waals surface area contributed by atoms with Crippen molar-refractivity contribution in [3.05, 3.63) is 42.0 Å². The topological polar surface area (TPSA) is 51.0 Å². The van der Waals surface area contributed by atoms with Crippen molar-refractivity contribution in [3.63, 3.8) is 0 Å². The summed E-state index contributed by atoms with van der Waals surface area (Å²) < 4.78 is 5.03. The number of thioether (sulfide) groups is 1. The van der Waals surface area contributed by atoms with Gasteiger partial charge in [0, 0.05) is 30.2 Å². The molecule has 0 aliphatic carbocycles. The van der Waals surface area contributed by atoms with E-state index in [9.17, 15) is 0 Å². The maximum atomic E-state index is 5.03. The van der Waals surface area contributed by atoms with Gasteiger partial charge in [0.2, 0.25) is 5.89 Å². The van der Waals surface area contributed by atoms with Gasteiger partial charge in [0.05, 0.1) is 0 Å². The van der Waals surface area contributed by atoms with Crippen LogP contribution in [0.25, 0.3) is 0 Å². The van der Waals surface area contributed by atoms with Crippen molar-refractivity contribution >= 4 is 11.8 Å². The van der Waals surface area contributed by atoms with E-state index in [1.807, 2.05) is 24.8 Å². The molecule has 18 heavy (non-hydrogen) atoms. The summed E-state index contributed by atoms with van der Waals surface area (Å²) in [7, 11) is 0. The smallest absolute Gasteiger partial charge is 0.227 e. The van der Waals surface area contributed by atoms with E-state index in [4.69, 9.17) is 4.52 Å². The maximum absolute atomic E-state index is 5.03. The minimum atomic E-state index is 0.699. The van der Waals surface area contributed by atoms with Crippen LogP contribution in [0.15, 0.2) is 39.8 Å². The molecule has 96 valence electrons. The van der Waals surface area contributed by atoms with Gasteiger partial charge in [-0.1, -0.05) is 23.4 Å². The number of aromatic nitrogens is 2. The molecule has 1 N–H and O–H groups in total. The fraction of sp³-hybridized carbons (Fsp3) is 0.385. The second-order valence-electron chi connectivity index (χ2n) is 3.90. The molecule has 0 amide bonds. The summed E-state index contributed by atoms with van der Waals surface area (Å²) in [4.78, 5) is 5.46. The van der Waals surface area contributed by atoms with Gasteiger partial charge in [-0.2, -0.15) is 4.98 Å². The Morgan fingerprint density at radius 1 is 1.22 bits per heavy atom. The minimum absolute atomic E-state index is 0.699. The largest absolute Gasteiger partial charge is 0.339 e. The summed E-state index contributed by atoms with van der Waals surface area (Å²) in [5, 5.41) is 7.12. The first kappa shape index (κ1) is 13.1. The molecule has 2 aromatic rings. The molecule has 0 aliphatic rings. The molecule has 0 bridgehead atoms. The van der Waals surface area contributed by atoms with Crippen LogP contribution < -0.4 is 5.32 Å². The third kappa shape index (κ3) is 4.50. The average molecular weight is 263 g/mol. The summed E-state index contributed by atoms with van der Waals surface area (Å²) in [6.45, 7) is 3.68. The summed E-state index contributed by atoms with van der Waals surface area (Å²) in [6, 6.07) is 10.4. The van der Waals surface area contributed by atoms with Gasteiger partial charge in [0.15, 0.2) is 5.82 Å². The monoisotopic (exact) mass is 263 g/mol. The Morgan fingerprint density at radius 2 is 2.06 bits per heavy atom. The molecular weight excluding hydrogens is 246 g/mol. The molecule has 0 aliphatic heterocycles. The Hall–Kier alpha value is -1.33. The van der Waals surface area contributed by atoms with Crippen molar-refractivity contribution in [2.45, 2.75) is 18.2 Å². The molecule has 2 rings (SSSR count). The molecule has 0 saturated carbocycles. The predicted octanol–water partition coefficient (Wildman–Crippen LogP) is 2.30. The SMILES string of the molecule is Cc1noc(CCNCCSc2ccccc2)n1. The molecule has 0 saturated heterocycles. The maximum Gasteiger partial charge on any atom is 0.227 e. The highest BCUT2D eigenvalue weighted by atomic mass is 32.2. The highest BCUT2D eigenvalue weighted by molar-refractivity contribution is 7.99. The normalized spacial score (nSPS) is 10.7.